The van der Waals surface area contributed by atoms with Crippen LogP contribution in [0.2, 0.25) is 5.02 Å². The Balaban J connectivity index is 2.71. The van der Waals surface area contributed by atoms with Crippen LogP contribution in [0.3, 0.4) is 0 Å². The lowest BCUT2D eigenvalue weighted by Gasteiger charge is -2.20. The van der Waals surface area contributed by atoms with Crippen LogP contribution in [0.15, 0.2) is 12.3 Å². The van der Waals surface area contributed by atoms with E-state index in [1.54, 1.807) is 7.05 Å². The molecule has 0 radical (unpaired) electrons. The van der Waals surface area contributed by atoms with Crippen LogP contribution in [0.4, 0.5) is 5.82 Å². The van der Waals surface area contributed by atoms with E-state index in [-0.39, 0.29) is 29.9 Å². The van der Waals surface area contributed by atoms with Gasteiger partial charge >= 0.3 is 0 Å². The maximum atomic E-state index is 12.0. The second-order valence-corrected chi connectivity index (χ2v) is 4.29. The molecule has 1 aromatic rings. The summed E-state index contributed by atoms with van der Waals surface area (Å²) in [6.45, 7) is 0.326. The lowest BCUT2D eigenvalue weighted by atomic mass is 10.2. The third kappa shape index (κ3) is 3.83. The Morgan fingerprint density at radius 2 is 2.39 bits per heavy atom. The molecule has 7 heteroatoms. The quantitative estimate of drug-likeness (QED) is 0.810. The van der Waals surface area contributed by atoms with Crippen LogP contribution in [0.5, 0.6) is 0 Å². The summed E-state index contributed by atoms with van der Waals surface area (Å²) >= 11 is 5.79. The van der Waals surface area contributed by atoms with E-state index in [1.807, 2.05) is 0 Å². The average Bonchev–Trinajstić information content (AvgIpc) is 2.32. The number of hydrogen-bond donors (Lipinski definition) is 2. The fourth-order valence-electron chi connectivity index (χ4n) is 1.43. The van der Waals surface area contributed by atoms with Crippen LogP contribution in [0, 0.1) is 0 Å². The van der Waals surface area contributed by atoms with E-state index in [2.05, 4.69) is 4.98 Å². The summed E-state index contributed by atoms with van der Waals surface area (Å²) in [7, 11) is 3.06. The molecular formula is C11H16ClN3O3. The molecule has 1 aromatic heterocycles. The number of nitrogen functional groups attached to an aromatic ring is 1. The predicted octanol–water partition coefficient (Wildman–Crippen LogP) is 0.396. The fraction of sp³-hybridized carbons (Fsp3) is 0.455. The maximum Gasteiger partial charge on any atom is 0.255 e. The first-order valence-corrected chi connectivity index (χ1v) is 5.67. The number of amides is 1. The molecular weight excluding hydrogens is 258 g/mol. The minimum absolute atomic E-state index is 0.161. The number of aliphatic hydroxyl groups is 1. The van der Waals surface area contributed by atoms with Gasteiger partial charge in [-0.25, -0.2) is 4.98 Å². The second-order valence-electron chi connectivity index (χ2n) is 3.89. The SMILES string of the molecule is COCC(O)CN(C)C(=O)c1cnc(N)c(Cl)c1. The van der Waals surface area contributed by atoms with Crippen LogP contribution in [0.25, 0.3) is 0 Å². The molecule has 0 aliphatic heterocycles. The lowest BCUT2D eigenvalue weighted by Crippen LogP contribution is -2.36. The number of hydrogen-bond acceptors (Lipinski definition) is 5. The van der Waals surface area contributed by atoms with Gasteiger partial charge in [-0.2, -0.15) is 0 Å². The van der Waals surface area contributed by atoms with Crippen molar-refractivity contribution in [3.05, 3.63) is 22.8 Å². The first kappa shape index (κ1) is 14.7. The van der Waals surface area contributed by atoms with Crippen molar-refractivity contribution in [2.45, 2.75) is 6.10 Å². The minimum atomic E-state index is -0.735. The van der Waals surface area contributed by atoms with Gasteiger partial charge < -0.3 is 20.5 Å². The molecule has 6 nitrogen and oxygen atoms in total. The van der Waals surface area contributed by atoms with Crippen LogP contribution < -0.4 is 5.73 Å². The smallest absolute Gasteiger partial charge is 0.255 e. The van der Waals surface area contributed by atoms with E-state index in [4.69, 9.17) is 22.1 Å². The molecule has 1 unspecified atom stereocenters. The van der Waals surface area contributed by atoms with Gasteiger partial charge in [0.05, 0.1) is 23.3 Å². The summed E-state index contributed by atoms with van der Waals surface area (Å²) in [6.07, 6.45) is 0.615. The Morgan fingerprint density at radius 3 is 2.94 bits per heavy atom. The molecule has 0 spiro atoms. The summed E-state index contributed by atoms with van der Waals surface area (Å²) < 4.78 is 4.79. The normalized spacial score (nSPS) is 12.2. The molecule has 1 amide bonds. The number of anilines is 1. The fourth-order valence-corrected chi connectivity index (χ4v) is 1.60. The monoisotopic (exact) mass is 273 g/mol. The van der Waals surface area contributed by atoms with Gasteiger partial charge in [0.25, 0.3) is 5.91 Å². The Kier molecular flexibility index (Phi) is 5.33. The van der Waals surface area contributed by atoms with E-state index in [0.717, 1.165) is 0 Å². The van der Waals surface area contributed by atoms with Crippen molar-refractivity contribution >= 4 is 23.3 Å². The van der Waals surface area contributed by atoms with E-state index in [0.29, 0.717) is 5.56 Å². The highest BCUT2D eigenvalue weighted by Gasteiger charge is 2.16. The molecule has 0 aliphatic carbocycles. The van der Waals surface area contributed by atoms with Gasteiger partial charge in [-0.3, -0.25) is 4.79 Å². The number of rotatable bonds is 5. The van der Waals surface area contributed by atoms with Crippen LogP contribution in [-0.2, 0) is 4.74 Å². The lowest BCUT2D eigenvalue weighted by molar-refractivity contribution is 0.0380. The number of aromatic nitrogens is 1. The molecule has 0 fully saturated rings. The summed E-state index contributed by atoms with van der Waals surface area (Å²) in [6, 6.07) is 1.45. The number of pyridine rings is 1. The number of methoxy groups -OCH3 is 1. The second kappa shape index (κ2) is 6.53. The number of ether oxygens (including phenoxy) is 1. The Hall–Kier alpha value is -1.37. The van der Waals surface area contributed by atoms with Gasteiger partial charge in [0.2, 0.25) is 0 Å². The molecule has 0 aromatic carbocycles. The zero-order valence-corrected chi connectivity index (χ0v) is 11.0. The van der Waals surface area contributed by atoms with Crippen molar-refractivity contribution in [1.82, 2.24) is 9.88 Å². The number of aliphatic hydroxyl groups excluding tert-OH is 1. The average molecular weight is 274 g/mol. The van der Waals surface area contributed by atoms with Gasteiger partial charge in [0.15, 0.2) is 0 Å². The van der Waals surface area contributed by atoms with E-state index in [1.165, 1.54) is 24.3 Å². The Morgan fingerprint density at radius 1 is 1.72 bits per heavy atom. The Bertz CT molecular complexity index is 428. The first-order valence-electron chi connectivity index (χ1n) is 5.29. The zero-order chi connectivity index (χ0) is 13.7. The molecule has 0 aliphatic rings. The molecule has 1 heterocycles. The highest BCUT2D eigenvalue weighted by Crippen LogP contribution is 2.17. The number of likely N-dealkylation sites (N-methyl/N-ethyl adjacent to an activating group) is 1. The van der Waals surface area contributed by atoms with E-state index in [9.17, 15) is 9.90 Å². The molecule has 100 valence electrons. The van der Waals surface area contributed by atoms with Crippen molar-refractivity contribution < 1.29 is 14.6 Å². The van der Waals surface area contributed by atoms with Crippen LogP contribution in [0.1, 0.15) is 10.4 Å². The third-order valence-corrected chi connectivity index (χ3v) is 2.61. The highest BCUT2D eigenvalue weighted by atomic mass is 35.5. The molecule has 3 N–H and O–H groups in total. The largest absolute Gasteiger partial charge is 0.389 e. The summed E-state index contributed by atoms with van der Waals surface area (Å²) in [5.74, 6) is -0.116. The van der Waals surface area contributed by atoms with Gasteiger partial charge in [0, 0.05) is 26.9 Å². The van der Waals surface area contributed by atoms with Crippen molar-refractivity contribution in [1.29, 1.82) is 0 Å². The van der Waals surface area contributed by atoms with Gasteiger partial charge in [-0.1, -0.05) is 11.6 Å². The Labute approximate surface area is 110 Å². The number of nitrogens with zero attached hydrogens (tertiary/aromatic N) is 2. The van der Waals surface area contributed by atoms with E-state index < -0.39 is 6.10 Å². The standard InChI is InChI=1S/C11H16ClN3O3/c1-15(5-8(16)6-18-2)11(17)7-3-9(12)10(13)14-4-7/h3-4,8,16H,5-6H2,1-2H3,(H2,13,14). The number of halogens is 1. The maximum absolute atomic E-state index is 12.0. The summed E-state index contributed by atoms with van der Waals surface area (Å²) in [4.78, 5) is 17.2. The summed E-state index contributed by atoms with van der Waals surface area (Å²) in [5.41, 5.74) is 5.78. The molecule has 1 rings (SSSR count). The molecule has 18 heavy (non-hydrogen) atoms. The van der Waals surface area contributed by atoms with Crippen molar-refractivity contribution in [3.63, 3.8) is 0 Å². The zero-order valence-electron chi connectivity index (χ0n) is 10.3. The van der Waals surface area contributed by atoms with Crippen LogP contribution in [-0.4, -0.2) is 54.3 Å². The molecule has 0 saturated carbocycles. The number of carbonyl (C=O) groups is 1. The minimum Gasteiger partial charge on any atom is -0.389 e. The van der Waals surface area contributed by atoms with Gasteiger partial charge in [-0.05, 0) is 6.07 Å². The van der Waals surface area contributed by atoms with Gasteiger partial charge in [-0.15, -0.1) is 0 Å². The molecule has 0 bridgehead atoms. The van der Waals surface area contributed by atoms with Crippen LogP contribution >= 0.6 is 11.6 Å². The van der Waals surface area contributed by atoms with Crippen molar-refractivity contribution in [2.24, 2.45) is 0 Å². The molecule has 1 atom stereocenters. The van der Waals surface area contributed by atoms with Crippen molar-refractivity contribution in [2.75, 3.05) is 33.0 Å². The number of carbonyl (C=O) groups excluding carboxylic acids is 1. The molecule has 0 saturated heterocycles. The predicted molar refractivity (Wildman–Crippen MR) is 68.5 cm³/mol. The third-order valence-electron chi connectivity index (χ3n) is 2.31. The first-order chi connectivity index (χ1) is 8.45. The van der Waals surface area contributed by atoms with E-state index >= 15 is 0 Å². The van der Waals surface area contributed by atoms with Crippen molar-refractivity contribution in [3.8, 4) is 0 Å². The van der Waals surface area contributed by atoms with Gasteiger partial charge in [0.1, 0.15) is 5.82 Å². The topological polar surface area (TPSA) is 88.7 Å². The number of nitrogens with two attached hydrogens (primary N) is 1. The summed E-state index contributed by atoms with van der Waals surface area (Å²) in [5, 5.41) is 9.76. The highest BCUT2D eigenvalue weighted by molar-refractivity contribution is 6.33.